The summed E-state index contributed by atoms with van der Waals surface area (Å²) in [6, 6.07) is 13.1. The predicted octanol–water partition coefficient (Wildman–Crippen LogP) is 3.73. The highest BCUT2D eigenvalue weighted by molar-refractivity contribution is 5.95. The number of benzene rings is 1. The molecule has 1 saturated heterocycles. The highest BCUT2D eigenvalue weighted by Gasteiger charge is 2.30. The minimum Gasteiger partial charge on any atom is -0.424 e. The Labute approximate surface area is 221 Å². The fourth-order valence-electron chi connectivity index (χ4n) is 5.74. The van der Waals surface area contributed by atoms with Crippen LogP contribution in [0, 0.1) is 0 Å². The number of piperidine rings is 1. The Bertz CT molecular complexity index is 1400. The van der Waals surface area contributed by atoms with E-state index in [9.17, 15) is 4.79 Å². The number of fused-ring (bicyclic) bond motifs is 1. The summed E-state index contributed by atoms with van der Waals surface area (Å²) >= 11 is 0. The van der Waals surface area contributed by atoms with Gasteiger partial charge >= 0.3 is 0 Å². The van der Waals surface area contributed by atoms with Gasteiger partial charge in [0.2, 0.25) is 0 Å². The van der Waals surface area contributed by atoms with Gasteiger partial charge in [-0.25, -0.2) is 14.5 Å². The van der Waals surface area contributed by atoms with Crippen molar-refractivity contribution in [2.75, 3.05) is 30.4 Å². The van der Waals surface area contributed by atoms with Gasteiger partial charge in [-0.1, -0.05) is 25.0 Å². The van der Waals surface area contributed by atoms with Gasteiger partial charge in [-0.2, -0.15) is 5.10 Å². The standard InChI is InChI=1S/C28H34N8O2/c1-29-27(37)20-7-4-6-19(14-20)25-15-30-28(38-25)34-24-10-3-2-9-23(24)33-21-8-5-13-35(16-21)22-11-12-26-31-18-32-36(26)17-22/h4,6-7,11-12,14-15,17-18,21,23-24,33H,2-3,5,8-10,13,16H2,1H3,(H,29,37)(H,30,34)/t21-,23+,24+/m0/s1. The van der Waals surface area contributed by atoms with Gasteiger partial charge in [0.1, 0.15) is 6.33 Å². The van der Waals surface area contributed by atoms with E-state index in [1.807, 2.05) is 28.8 Å². The summed E-state index contributed by atoms with van der Waals surface area (Å²) in [7, 11) is 1.63. The zero-order valence-corrected chi connectivity index (χ0v) is 21.6. The summed E-state index contributed by atoms with van der Waals surface area (Å²) in [5.74, 6) is 0.520. The van der Waals surface area contributed by atoms with Crippen LogP contribution < -0.4 is 20.9 Å². The van der Waals surface area contributed by atoms with Crippen LogP contribution >= 0.6 is 0 Å². The molecule has 4 aromatic rings. The molecule has 2 aliphatic rings. The minimum absolute atomic E-state index is 0.124. The molecule has 10 nitrogen and oxygen atoms in total. The quantitative estimate of drug-likeness (QED) is 0.342. The first-order valence-corrected chi connectivity index (χ1v) is 13.5. The van der Waals surface area contributed by atoms with Gasteiger partial charge < -0.3 is 25.3 Å². The van der Waals surface area contributed by atoms with Crippen LogP contribution in [-0.2, 0) is 0 Å². The van der Waals surface area contributed by atoms with Crippen molar-refractivity contribution in [2.45, 2.75) is 56.7 Å². The largest absolute Gasteiger partial charge is 0.424 e. The maximum atomic E-state index is 12.0. The fourth-order valence-corrected chi connectivity index (χ4v) is 5.74. The normalized spacial score (nSPS) is 21.9. The van der Waals surface area contributed by atoms with Crippen molar-refractivity contribution in [1.82, 2.24) is 30.2 Å². The third-order valence-corrected chi connectivity index (χ3v) is 7.71. The number of rotatable bonds is 7. The molecule has 1 aliphatic carbocycles. The second kappa shape index (κ2) is 10.8. The van der Waals surface area contributed by atoms with Gasteiger partial charge in [0, 0.05) is 49.4 Å². The average Bonchev–Trinajstić information content (AvgIpc) is 3.63. The summed E-state index contributed by atoms with van der Waals surface area (Å²) in [6.07, 6.45) is 12.3. The number of nitrogens with one attached hydrogen (secondary N) is 3. The number of oxazole rings is 1. The number of hydrogen-bond donors (Lipinski definition) is 3. The first kappa shape index (κ1) is 24.4. The van der Waals surface area contributed by atoms with Gasteiger partial charge in [0.05, 0.1) is 18.1 Å². The Kier molecular flexibility index (Phi) is 6.96. The van der Waals surface area contributed by atoms with E-state index in [2.05, 4.69) is 48.2 Å². The average molecular weight is 515 g/mol. The second-order valence-corrected chi connectivity index (χ2v) is 10.2. The third-order valence-electron chi connectivity index (χ3n) is 7.71. The topological polar surface area (TPSA) is 113 Å². The van der Waals surface area contributed by atoms with Crippen LogP contribution in [0.5, 0.6) is 0 Å². The number of anilines is 2. The summed E-state index contributed by atoms with van der Waals surface area (Å²) < 4.78 is 7.92. The predicted molar refractivity (Wildman–Crippen MR) is 146 cm³/mol. The molecule has 0 spiro atoms. The Balaban J connectivity index is 1.11. The van der Waals surface area contributed by atoms with Crippen LogP contribution in [0.3, 0.4) is 0 Å². The summed E-state index contributed by atoms with van der Waals surface area (Å²) in [5.41, 5.74) is 3.47. The number of carbonyl (C=O) groups excluding carboxylic acids is 1. The maximum absolute atomic E-state index is 12.0. The van der Waals surface area contributed by atoms with Gasteiger partial charge in [-0.3, -0.25) is 4.79 Å². The molecule has 4 heterocycles. The van der Waals surface area contributed by atoms with Crippen LogP contribution in [0.25, 0.3) is 17.0 Å². The Morgan fingerprint density at radius 1 is 1.05 bits per heavy atom. The van der Waals surface area contributed by atoms with Crippen molar-refractivity contribution in [3.63, 3.8) is 0 Å². The number of amides is 1. The van der Waals surface area contributed by atoms with Crippen molar-refractivity contribution in [3.05, 3.63) is 60.7 Å². The first-order chi connectivity index (χ1) is 18.7. The molecule has 1 saturated carbocycles. The molecule has 2 fully saturated rings. The van der Waals surface area contributed by atoms with E-state index >= 15 is 0 Å². The van der Waals surface area contributed by atoms with E-state index in [-0.39, 0.29) is 11.9 Å². The van der Waals surface area contributed by atoms with E-state index in [0.717, 1.165) is 50.0 Å². The number of carbonyl (C=O) groups is 1. The second-order valence-electron chi connectivity index (χ2n) is 10.2. The highest BCUT2D eigenvalue weighted by atomic mass is 16.4. The van der Waals surface area contributed by atoms with Crippen LogP contribution in [0.4, 0.5) is 11.7 Å². The monoisotopic (exact) mass is 514 g/mol. The molecule has 0 unspecified atom stereocenters. The number of nitrogens with zero attached hydrogens (tertiary/aromatic N) is 5. The van der Waals surface area contributed by atoms with Gasteiger partial charge in [0.15, 0.2) is 11.4 Å². The number of pyridine rings is 1. The third kappa shape index (κ3) is 5.22. The van der Waals surface area contributed by atoms with Crippen molar-refractivity contribution >= 4 is 23.3 Å². The van der Waals surface area contributed by atoms with E-state index in [1.165, 1.54) is 18.5 Å². The Morgan fingerprint density at radius 3 is 2.84 bits per heavy atom. The summed E-state index contributed by atoms with van der Waals surface area (Å²) in [5, 5.41) is 14.5. The van der Waals surface area contributed by atoms with Crippen LogP contribution in [0.15, 0.2) is 59.5 Å². The lowest BCUT2D eigenvalue weighted by molar-refractivity contribution is 0.0963. The molecule has 3 aromatic heterocycles. The van der Waals surface area contributed by atoms with Crippen molar-refractivity contribution in [2.24, 2.45) is 0 Å². The zero-order valence-electron chi connectivity index (χ0n) is 21.6. The smallest absolute Gasteiger partial charge is 0.295 e. The van der Waals surface area contributed by atoms with E-state index in [0.29, 0.717) is 29.4 Å². The van der Waals surface area contributed by atoms with E-state index in [1.54, 1.807) is 25.6 Å². The Hall–Kier alpha value is -3.92. The fraction of sp³-hybridized carbons (Fsp3) is 0.429. The summed E-state index contributed by atoms with van der Waals surface area (Å²) in [6.45, 7) is 2.01. The molecule has 3 atom stereocenters. The lowest BCUT2D eigenvalue weighted by Crippen LogP contribution is -2.54. The molecular formula is C28H34N8O2. The molecule has 0 bridgehead atoms. The molecule has 1 amide bonds. The van der Waals surface area contributed by atoms with Crippen LogP contribution in [0.2, 0.25) is 0 Å². The molecule has 0 radical (unpaired) electrons. The maximum Gasteiger partial charge on any atom is 0.295 e. The molecule has 1 aliphatic heterocycles. The lowest BCUT2D eigenvalue weighted by Gasteiger charge is -2.40. The van der Waals surface area contributed by atoms with Gasteiger partial charge in [-0.05, 0) is 49.9 Å². The molecule has 198 valence electrons. The molecule has 38 heavy (non-hydrogen) atoms. The summed E-state index contributed by atoms with van der Waals surface area (Å²) in [4.78, 5) is 23.2. The highest BCUT2D eigenvalue weighted by Crippen LogP contribution is 2.28. The molecule has 1 aromatic carbocycles. The van der Waals surface area contributed by atoms with E-state index < -0.39 is 0 Å². The Morgan fingerprint density at radius 2 is 1.95 bits per heavy atom. The molecular weight excluding hydrogens is 480 g/mol. The van der Waals surface area contributed by atoms with Crippen molar-refractivity contribution in [1.29, 1.82) is 0 Å². The zero-order chi connectivity index (χ0) is 25.9. The lowest BCUT2D eigenvalue weighted by atomic mass is 9.89. The SMILES string of the molecule is CNC(=O)c1cccc(-c2cnc(N[C@@H]3CCCC[C@H]3N[C@H]3CCCN(c4ccc5ncnn5c4)C3)o2)c1. The molecule has 6 rings (SSSR count). The van der Waals surface area contributed by atoms with Crippen LogP contribution in [-0.4, -0.2) is 63.8 Å². The molecule has 3 N–H and O–H groups in total. The van der Waals surface area contributed by atoms with Gasteiger partial charge in [0.25, 0.3) is 11.9 Å². The van der Waals surface area contributed by atoms with Gasteiger partial charge in [-0.15, -0.1) is 0 Å². The van der Waals surface area contributed by atoms with Crippen molar-refractivity contribution < 1.29 is 9.21 Å². The molecule has 10 heteroatoms. The number of aromatic nitrogens is 4. The van der Waals surface area contributed by atoms with E-state index in [4.69, 9.17) is 4.42 Å². The number of hydrogen-bond acceptors (Lipinski definition) is 8. The van der Waals surface area contributed by atoms with Crippen LogP contribution in [0.1, 0.15) is 48.9 Å². The first-order valence-electron chi connectivity index (χ1n) is 13.5. The minimum atomic E-state index is -0.124. The van der Waals surface area contributed by atoms with Crippen molar-refractivity contribution in [3.8, 4) is 11.3 Å².